The van der Waals surface area contributed by atoms with Crippen molar-refractivity contribution in [1.29, 1.82) is 0 Å². The molecule has 2 aliphatic heterocycles. The van der Waals surface area contributed by atoms with Gasteiger partial charge < -0.3 is 9.84 Å². The molecule has 4 rings (SSSR count). The molecule has 2 saturated heterocycles. The van der Waals surface area contributed by atoms with Gasteiger partial charge in [0, 0.05) is 5.92 Å². The Kier molecular flexibility index (Phi) is 2.61. The zero-order chi connectivity index (χ0) is 12.8. The first-order chi connectivity index (χ1) is 9.31. The number of benzene rings is 2. The van der Waals surface area contributed by atoms with Crippen LogP contribution in [0.15, 0.2) is 42.5 Å². The molecule has 19 heavy (non-hydrogen) atoms. The molecule has 2 heterocycles. The molecule has 2 aromatic carbocycles. The fraction of sp³-hybridized carbons (Fsp3) is 0.412. The maximum Gasteiger partial charge on any atom is 0.0844 e. The fourth-order valence-corrected chi connectivity index (χ4v) is 3.65. The first-order valence-electron chi connectivity index (χ1n) is 7.13. The van der Waals surface area contributed by atoms with E-state index in [2.05, 4.69) is 30.3 Å². The van der Waals surface area contributed by atoms with Gasteiger partial charge in [0.2, 0.25) is 0 Å². The summed E-state index contributed by atoms with van der Waals surface area (Å²) in [5, 5.41) is 13.0. The van der Waals surface area contributed by atoms with Crippen molar-refractivity contribution >= 4 is 10.8 Å². The number of aliphatic hydroxyl groups is 1. The molecule has 2 aliphatic rings. The fourth-order valence-electron chi connectivity index (χ4n) is 3.65. The maximum atomic E-state index is 10.6. The van der Waals surface area contributed by atoms with E-state index in [9.17, 15) is 5.11 Å². The third kappa shape index (κ3) is 1.87. The van der Waals surface area contributed by atoms with E-state index in [1.165, 1.54) is 17.2 Å². The average Bonchev–Trinajstić information content (AvgIpc) is 3.08. The minimum absolute atomic E-state index is 0.270. The van der Waals surface area contributed by atoms with Crippen LogP contribution in [0.3, 0.4) is 0 Å². The van der Waals surface area contributed by atoms with E-state index in [4.69, 9.17) is 4.74 Å². The van der Waals surface area contributed by atoms with E-state index in [1.54, 1.807) is 0 Å². The lowest BCUT2D eigenvalue weighted by atomic mass is 9.82. The Morgan fingerprint density at radius 1 is 1.05 bits per heavy atom. The van der Waals surface area contributed by atoms with Crippen molar-refractivity contribution < 1.29 is 9.84 Å². The predicted octanol–water partition coefficient (Wildman–Crippen LogP) is 3.44. The Hall–Kier alpha value is -1.38. The van der Waals surface area contributed by atoms with Crippen molar-refractivity contribution in [2.45, 2.75) is 37.6 Å². The van der Waals surface area contributed by atoms with Gasteiger partial charge in [-0.2, -0.15) is 0 Å². The normalized spacial score (nSPS) is 30.9. The molecule has 4 atom stereocenters. The molecule has 0 aliphatic carbocycles. The van der Waals surface area contributed by atoms with Gasteiger partial charge in [-0.3, -0.25) is 0 Å². The second-order valence-corrected chi connectivity index (χ2v) is 5.82. The lowest BCUT2D eigenvalue weighted by Gasteiger charge is -2.24. The van der Waals surface area contributed by atoms with Gasteiger partial charge in [-0.1, -0.05) is 36.4 Å². The zero-order valence-corrected chi connectivity index (χ0v) is 10.8. The molecule has 2 fully saturated rings. The number of hydrogen-bond acceptors (Lipinski definition) is 2. The SMILES string of the molecule is OC(c1ccc2ccccc2c1)C1CC2CCC1O2. The molecule has 2 nitrogen and oxygen atoms in total. The summed E-state index contributed by atoms with van der Waals surface area (Å²) in [7, 11) is 0. The van der Waals surface area contributed by atoms with Crippen molar-refractivity contribution in [3.05, 3.63) is 48.0 Å². The third-order valence-electron chi connectivity index (χ3n) is 4.67. The quantitative estimate of drug-likeness (QED) is 0.889. The molecular weight excluding hydrogens is 236 g/mol. The molecule has 0 spiro atoms. The number of aliphatic hydroxyl groups excluding tert-OH is 1. The number of fused-ring (bicyclic) bond motifs is 3. The minimum atomic E-state index is -0.389. The van der Waals surface area contributed by atoms with Crippen molar-refractivity contribution in [2.24, 2.45) is 5.92 Å². The smallest absolute Gasteiger partial charge is 0.0844 e. The van der Waals surface area contributed by atoms with Gasteiger partial charge >= 0.3 is 0 Å². The van der Waals surface area contributed by atoms with Crippen LogP contribution in [-0.2, 0) is 4.74 Å². The Labute approximate surface area is 113 Å². The first-order valence-corrected chi connectivity index (χ1v) is 7.13. The summed E-state index contributed by atoms with van der Waals surface area (Å²) in [6.07, 6.45) is 3.57. The molecule has 0 aromatic heterocycles. The Morgan fingerprint density at radius 3 is 2.63 bits per heavy atom. The molecule has 0 amide bonds. The minimum Gasteiger partial charge on any atom is -0.388 e. The van der Waals surface area contributed by atoms with E-state index >= 15 is 0 Å². The predicted molar refractivity (Wildman–Crippen MR) is 74.9 cm³/mol. The molecule has 98 valence electrons. The van der Waals surface area contributed by atoms with Crippen LogP contribution in [0.25, 0.3) is 10.8 Å². The van der Waals surface area contributed by atoms with Crippen molar-refractivity contribution in [3.63, 3.8) is 0 Å². The number of hydrogen-bond donors (Lipinski definition) is 1. The first kappa shape index (κ1) is 11.4. The summed E-state index contributed by atoms with van der Waals surface area (Å²) < 4.78 is 5.85. The van der Waals surface area contributed by atoms with Crippen LogP contribution in [0.2, 0.25) is 0 Å². The van der Waals surface area contributed by atoms with Gasteiger partial charge in [0.25, 0.3) is 0 Å². The highest BCUT2D eigenvalue weighted by Crippen LogP contribution is 2.44. The number of rotatable bonds is 2. The van der Waals surface area contributed by atoms with Crippen molar-refractivity contribution in [1.82, 2.24) is 0 Å². The summed E-state index contributed by atoms with van der Waals surface area (Å²) in [5.74, 6) is 0.278. The Bertz CT molecular complexity index is 607. The summed E-state index contributed by atoms with van der Waals surface area (Å²) in [6, 6.07) is 14.6. The summed E-state index contributed by atoms with van der Waals surface area (Å²) in [5.41, 5.74) is 1.03. The second kappa shape index (κ2) is 4.32. The topological polar surface area (TPSA) is 29.5 Å². The van der Waals surface area contributed by atoms with E-state index in [0.29, 0.717) is 6.10 Å². The largest absolute Gasteiger partial charge is 0.388 e. The molecule has 0 saturated carbocycles. The lowest BCUT2D eigenvalue weighted by molar-refractivity contribution is 0.0423. The Balaban J connectivity index is 1.66. The Morgan fingerprint density at radius 2 is 1.89 bits per heavy atom. The maximum absolute atomic E-state index is 10.6. The molecule has 2 aromatic rings. The molecule has 4 unspecified atom stereocenters. The van der Waals surface area contributed by atoms with Crippen LogP contribution in [0, 0.1) is 5.92 Å². The van der Waals surface area contributed by atoms with Crippen LogP contribution >= 0.6 is 0 Å². The van der Waals surface area contributed by atoms with Crippen LogP contribution in [0.5, 0.6) is 0 Å². The summed E-state index contributed by atoms with van der Waals surface area (Å²) >= 11 is 0. The summed E-state index contributed by atoms with van der Waals surface area (Å²) in [6.45, 7) is 0. The van der Waals surface area contributed by atoms with Crippen molar-refractivity contribution in [2.75, 3.05) is 0 Å². The standard InChI is InChI=1S/C17H18O2/c18-17(15-10-14-7-8-16(15)19-14)13-6-5-11-3-1-2-4-12(11)9-13/h1-6,9,14-18H,7-8,10H2. The zero-order valence-electron chi connectivity index (χ0n) is 10.8. The van der Waals surface area contributed by atoms with E-state index < -0.39 is 0 Å². The van der Waals surface area contributed by atoms with Gasteiger partial charge in [-0.25, -0.2) is 0 Å². The summed E-state index contributed by atoms with van der Waals surface area (Å²) in [4.78, 5) is 0. The van der Waals surface area contributed by atoms with Gasteiger partial charge in [-0.15, -0.1) is 0 Å². The van der Waals surface area contributed by atoms with Crippen LogP contribution in [0.1, 0.15) is 30.9 Å². The van der Waals surface area contributed by atoms with Crippen molar-refractivity contribution in [3.8, 4) is 0 Å². The monoisotopic (exact) mass is 254 g/mol. The lowest BCUT2D eigenvalue weighted by Crippen LogP contribution is -2.23. The average molecular weight is 254 g/mol. The van der Waals surface area contributed by atoms with Crippen LogP contribution < -0.4 is 0 Å². The highest BCUT2D eigenvalue weighted by molar-refractivity contribution is 5.83. The van der Waals surface area contributed by atoms with Gasteiger partial charge in [-0.05, 0) is 41.7 Å². The van der Waals surface area contributed by atoms with Crippen LogP contribution in [-0.4, -0.2) is 17.3 Å². The van der Waals surface area contributed by atoms with Gasteiger partial charge in [0.1, 0.15) is 0 Å². The highest BCUT2D eigenvalue weighted by atomic mass is 16.5. The molecule has 0 radical (unpaired) electrons. The molecule has 2 bridgehead atoms. The van der Waals surface area contributed by atoms with E-state index in [0.717, 1.165) is 18.4 Å². The molecule has 1 N–H and O–H groups in total. The third-order valence-corrected chi connectivity index (χ3v) is 4.67. The molecule has 2 heteroatoms. The molecular formula is C17H18O2. The van der Waals surface area contributed by atoms with Crippen LogP contribution in [0.4, 0.5) is 0 Å². The van der Waals surface area contributed by atoms with Gasteiger partial charge in [0.15, 0.2) is 0 Å². The van der Waals surface area contributed by atoms with E-state index in [-0.39, 0.29) is 18.1 Å². The second-order valence-electron chi connectivity index (χ2n) is 5.82. The number of ether oxygens (including phenoxy) is 1. The van der Waals surface area contributed by atoms with E-state index in [1.807, 2.05) is 12.1 Å². The van der Waals surface area contributed by atoms with Gasteiger partial charge in [0.05, 0.1) is 18.3 Å². The highest BCUT2D eigenvalue weighted by Gasteiger charge is 2.44.